The number of hydrogen-bond donors (Lipinski definition) is 2. The van der Waals surface area contributed by atoms with Crippen molar-refractivity contribution in [3.8, 4) is 0 Å². The number of urea groups is 1. The molecule has 0 saturated heterocycles. The number of carbonyl (C=O) groups is 2. The average molecular weight is 307 g/mol. The molecule has 1 heterocycles. The number of furan rings is 1. The van der Waals surface area contributed by atoms with Crippen LogP contribution in [0, 0.1) is 0 Å². The Labute approximate surface area is 129 Å². The van der Waals surface area contributed by atoms with Gasteiger partial charge >= 0.3 is 6.03 Å². The molecule has 1 aromatic rings. The lowest BCUT2D eigenvalue weighted by molar-refractivity contribution is -0.112. The van der Waals surface area contributed by atoms with Gasteiger partial charge in [-0.15, -0.1) is 5.10 Å². The van der Waals surface area contributed by atoms with Gasteiger partial charge in [-0.2, -0.15) is 0 Å². The number of nitrogens with two attached hydrogens (primary N) is 1. The van der Waals surface area contributed by atoms with Crippen LogP contribution in [0.15, 0.2) is 21.7 Å². The van der Waals surface area contributed by atoms with Gasteiger partial charge in [0, 0.05) is 11.0 Å². The number of hydrogen-bond acceptors (Lipinski definition) is 5. The average Bonchev–Trinajstić information content (AvgIpc) is 2.81. The molecule has 0 saturated carbocycles. The fraction of sp³-hybridized carbons (Fsp3) is 0.400. The highest BCUT2D eigenvalue weighted by atomic mass is 16.5. The number of carbonyl (C=O) groups excluding carboxylic acids is 2. The SMILES string of the molecule is CO/C(=N/NC(N)=O)c1oc(C(C)(C)C)cc1C=CC(C)=O. The minimum Gasteiger partial charge on any atom is -0.477 e. The van der Waals surface area contributed by atoms with Crippen molar-refractivity contribution in [3.05, 3.63) is 29.2 Å². The van der Waals surface area contributed by atoms with Gasteiger partial charge in [-0.3, -0.25) is 4.79 Å². The summed E-state index contributed by atoms with van der Waals surface area (Å²) in [4.78, 5) is 21.9. The molecule has 0 aliphatic heterocycles. The zero-order chi connectivity index (χ0) is 16.9. The normalized spacial score (nSPS) is 12.5. The van der Waals surface area contributed by atoms with E-state index < -0.39 is 6.03 Å². The molecule has 0 bridgehead atoms. The Morgan fingerprint density at radius 3 is 2.50 bits per heavy atom. The van der Waals surface area contributed by atoms with Gasteiger partial charge in [0.15, 0.2) is 11.5 Å². The lowest BCUT2D eigenvalue weighted by Gasteiger charge is -2.14. The van der Waals surface area contributed by atoms with Gasteiger partial charge in [-0.05, 0) is 25.1 Å². The summed E-state index contributed by atoms with van der Waals surface area (Å²) in [5.74, 6) is 0.946. The van der Waals surface area contributed by atoms with E-state index in [0.29, 0.717) is 17.1 Å². The van der Waals surface area contributed by atoms with Crippen LogP contribution in [0.25, 0.3) is 6.08 Å². The fourth-order valence-corrected chi connectivity index (χ4v) is 1.57. The van der Waals surface area contributed by atoms with Gasteiger partial charge in [0.2, 0.25) is 0 Å². The number of primary amides is 1. The van der Waals surface area contributed by atoms with E-state index in [9.17, 15) is 9.59 Å². The van der Waals surface area contributed by atoms with Crippen LogP contribution in [0.3, 0.4) is 0 Å². The Balaban J connectivity index is 3.35. The van der Waals surface area contributed by atoms with Crippen molar-refractivity contribution in [1.29, 1.82) is 0 Å². The number of amides is 2. The molecule has 0 aromatic carbocycles. The molecule has 2 amide bonds. The molecule has 0 aliphatic rings. The maximum Gasteiger partial charge on any atom is 0.332 e. The summed E-state index contributed by atoms with van der Waals surface area (Å²) >= 11 is 0. The quantitative estimate of drug-likeness (QED) is 0.384. The largest absolute Gasteiger partial charge is 0.477 e. The van der Waals surface area contributed by atoms with Gasteiger partial charge in [-0.1, -0.05) is 20.8 Å². The molecular weight excluding hydrogens is 286 g/mol. The third kappa shape index (κ3) is 4.76. The highest BCUT2D eigenvalue weighted by Gasteiger charge is 2.24. The van der Waals surface area contributed by atoms with Crippen LogP contribution >= 0.6 is 0 Å². The molecule has 0 aliphatic carbocycles. The number of nitrogens with one attached hydrogen (secondary N) is 1. The number of rotatable bonds is 4. The van der Waals surface area contributed by atoms with Gasteiger partial charge in [-0.25, -0.2) is 10.2 Å². The molecule has 120 valence electrons. The monoisotopic (exact) mass is 307 g/mol. The number of hydrazone groups is 1. The van der Waals surface area contributed by atoms with E-state index in [0.717, 1.165) is 0 Å². The molecule has 0 unspecified atom stereocenters. The third-order valence-electron chi connectivity index (χ3n) is 2.65. The predicted octanol–water partition coefficient (Wildman–Crippen LogP) is 2.16. The zero-order valence-electron chi connectivity index (χ0n) is 13.4. The van der Waals surface area contributed by atoms with E-state index in [2.05, 4.69) is 10.5 Å². The van der Waals surface area contributed by atoms with Crippen molar-refractivity contribution in [2.75, 3.05) is 7.11 Å². The number of allylic oxidation sites excluding steroid dienone is 1. The van der Waals surface area contributed by atoms with Gasteiger partial charge < -0.3 is 14.9 Å². The summed E-state index contributed by atoms with van der Waals surface area (Å²) in [6.07, 6.45) is 3.02. The first kappa shape index (κ1) is 17.5. The summed E-state index contributed by atoms with van der Waals surface area (Å²) in [6.45, 7) is 7.40. The van der Waals surface area contributed by atoms with Crippen molar-refractivity contribution >= 4 is 23.8 Å². The van der Waals surface area contributed by atoms with Crippen molar-refractivity contribution in [3.63, 3.8) is 0 Å². The second kappa shape index (κ2) is 6.93. The molecule has 0 fully saturated rings. The van der Waals surface area contributed by atoms with E-state index in [1.165, 1.54) is 20.1 Å². The fourth-order valence-electron chi connectivity index (χ4n) is 1.57. The molecule has 22 heavy (non-hydrogen) atoms. The minimum absolute atomic E-state index is 0.0532. The second-order valence-electron chi connectivity index (χ2n) is 5.69. The molecular formula is C15H21N3O4. The summed E-state index contributed by atoms with van der Waals surface area (Å²) < 4.78 is 10.9. The number of ether oxygens (including phenoxy) is 1. The second-order valence-corrected chi connectivity index (χ2v) is 5.69. The van der Waals surface area contributed by atoms with Crippen molar-refractivity contribution < 1.29 is 18.7 Å². The highest BCUT2D eigenvalue weighted by Crippen LogP contribution is 2.28. The molecule has 0 spiro atoms. The minimum atomic E-state index is -0.821. The van der Waals surface area contributed by atoms with Crippen LogP contribution in [0.1, 0.15) is 44.8 Å². The van der Waals surface area contributed by atoms with Crippen molar-refractivity contribution in [2.24, 2.45) is 10.8 Å². The Morgan fingerprint density at radius 2 is 2.05 bits per heavy atom. The lowest BCUT2D eigenvalue weighted by Crippen LogP contribution is -2.26. The van der Waals surface area contributed by atoms with Gasteiger partial charge in [0.05, 0.1) is 7.11 Å². The van der Waals surface area contributed by atoms with Crippen LogP contribution in [-0.4, -0.2) is 24.8 Å². The summed E-state index contributed by atoms with van der Waals surface area (Å²) in [7, 11) is 1.39. The van der Waals surface area contributed by atoms with Gasteiger partial charge in [0.1, 0.15) is 5.76 Å². The molecule has 0 atom stereocenters. The number of methoxy groups -OCH3 is 1. The Bertz CT molecular complexity index is 621. The predicted molar refractivity (Wildman–Crippen MR) is 83.4 cm³/mol. The van der Waals surface area contributed by atoms with Gasteiger partial charge in [0.25, 0.3) is 5.90 Å². The maximum absolute atomic E-state index is 11.1. The van der Waals surface area contributed by atoms with Crippen LogP contribution in [0.4, 0.5) is 4.79 Å². The van der Waals surface area contributed by atoms with E-state index >= 15 is 0 Å². The smallest absolute Gasteiger partial charge is 0.332 e. The standard InChI is InChI=1S/C15H21N3O4/c1-9(19)6-7-10-8-11(15(2,3)4)22-12(10)13(21-5)17-18-14(16)20/h6-8H,1-5H3,(H3,16,18,20)/b7-6?,17-13+. The first-order valence-electron chi connectivity index (χ1n) is 6.65. The Hall–Kier alpha value is -2.57. The van der Waals surface area contributed by atoms with E-state index in [1.807, 2.05) is 20.8 Å². The van der Waals surface area contributed by atoms with Crippen LogP contribution in [0.5, 0.6) is 0 Å². The topological polar surface area (TPSA) is 107 Å². The molecule has 7 nitrogen and oxygen atoms in total. The molecule has 1 aromatic heterocycles. The van der Waals surface area contributed by atoms with E-state index in [-0.39, 0.29) is 17.1 Å². The first-order chi connectivity index (χ1) is 10.1. The highest BCUT2D eigenvalue weighted by molar-refractivity contribution is 5.98. The van der Waals surface area contributed by atoms with E-state index in [4.69, 9.17) is 14.9 Å². The lowest BCUT2D eigenvalue weighted by atomic mass is 9.93. The molecule has 7 heteroatoms. The van der Waals surface area contributed by atoms with Crippen molar-refractivity contribution in [1.82, 2.24) is 5.43 Å². The molecule has 0 radical (unpaired) electrons. The van der Waals surface area contributed by atoms with Crippen molar-refractivity contribution in [2.45, 2.75) is 33.1 Å². The van der Waals surface area contributed by atoms with Crippen LogP contribution < -0.4 is 11.2 Å². The maximum atomic E-state index is 11.1. The number of ketones is 1. The zero-order valence-corrected chi connectivity index (χ0v) is 13.4. The summed E-state index contributed by atoms with van der Waals surface area (Å²) in [5, 5.41) is 3.75. The Kier molecular flexibility index (Phi) is 5.50. The van der Waals surface area contributed by atoms with Crippen LogP contribution in [0.2, 0.25) is 0 Å². The first-order valence-corrected chi connectivity index (χ1v) is 6.65. The van der Waals surface area contributed by atoms with Crippen LogP contribution in [-0.2, 0) is 14.9 Å². The molecule has 1 rings (SSSR count). The third-order valence-corrected chi connectivity index (χ3v) is 2.65. The summed E-state index contributed by atoms with van der Waals surface area (Å²) in [6, 6.07) is 0.978. The summed E-state index contributed by atoms with van der Waals surface area (Å²) in [5.41, 5.74) is 7.44. The Morgan fingerprint density at radius 1 is 1.41 bits per heavy atom. The van der Waals surface area contributed by atoms with E-state index in [1.54, 1.807) is 12.1 Å². The number of nitrogens with zero attached hydrogens (tertiary/aromatic N) is 1. The molecule has 3 N–H and O–H groups in total.